The summed E-state index contributed by atoms with van der Waals surface area (Å²) in [6, 6.07) is 20.2. The van der Waals surface area contributed by atoms with Crippen LogP contribution in [0.1, 0.15) is 21.5 Å². The van der Waals surface area contributed by atoms with Crippen molar-refractivity contribution in [2.75, 3.05) is 19.0 Å². The van der Waals surface area contributed by atoms with Gasteiger partial charge < -0.3 is 10.1 Å². The van der Waals surface area contributed by atoms with E-state index in [2.05, 4.69) is 34.3 Å². The topological polar surface area (TPSA) is 92.8 Å². The molecule has 0 unspecified atom stereocenters. The number of aryl methyl sites for hydroxylation is 1. The van der Waals surface area contributed by atoms with Crippen molar-refractivity contribution in [1.29, 1.82) is 0 Å². The van der Waals surface area contributed by atoms with E-state index in [1.807, 2.05) is 31.2 Å². The van der Waals surface area contributed by atoms with Crippen molar-refractivity contribution in [3.05, 3.63) is 93.3 Å². The van der Waals surface area contributed by atoms with Crippen molar-refractivity contribution in [2.45, 2.75) is 16.7 Å². The lowest BCUT2D eigenvalue weighted by molar-refractivity contribution is -0.127. The number of anilines is 1. The molecule has 188 valence electrons. The lowest BCUT2D eigenvalue weighted by Gasteiger charge is -2.13. The fourth-order valence-electron chi connectivity index (χ4n) is 3.38. The second-order valence-electron chi connectivity index (χ2n) is 7.99. The molecule has 1 fully saturated rings. The summed E-state index contributed by atoms with van der Waals surface area (Å²) in [6.07, 6.45) is 1.63. The number of carbonyl (C=O) groups excluding carboxylic acids is 4. The lowest BCUT2D eigenvalue weighted by atomic mass is 10.2. The van der Waals surface area contributed by atoms with Crippen molar-refractivity contribution < 1.29 is 23.9 Å². The van der Waals surface area contributed by atoms with Gasteiger partial charge in [-0.2, -0.15) is 0 Å². The van der Waals surface area contributed by atoms with E-state index < -0.39 is 29.6 Å². The Morgan fingerprint density at radius 2 is 1.68 bits per heavy atom. The number of nitrogens with one attached hydrogen (secondary N) is 1. The summed E-state index contributed by atoms with van der Waals surface area (Å²) in [6.45, 7) is 1.57. The van der Waals surface area contributed by atoms with Crippen LogP contribution in [0, 0.1) is 6.92 Å². The van der Waals surface area contributed by atoms with Gasteiger partial charge in [-0.25, -0.2) is 4.79 Å². The van der Waals surface area contributed by atoms with Gasteiger partial charge in [-0.3, -0.25) is 19.3 Å². The number of rotatable bonds is 7. The van der Waals surface area contributed by atoms with Gasteiger partial charge >= 0.3 is 5.97 Å². The van der Waals surface area contributed by atoms with Crippen LogP contribution in [0.15, 0.2) is 81.4 Å². The van der Waals surface area contributed by atoms with Crippen LogP contribution in [0.5, 0.6) is 0 Å². The third-order valence-corrected chi connectivity index (χ3v) is 7.52. The summed E-state index contributed by atoms with van der Waals surface area (Å²) in [4.78, 5) is 52.9. The minimum atomic E-state index is -0.654. The van der Waals surface area contributed by atoms with Crippen LogP contribution in [0.4, 0.5) is 10.5 Å². The number of thioether (sulfide) groups is 1. The number of esters is 1. The average molecular weight is 553 g/mol. The Morgan fingerprint density at radius 3 is 2.32 bits per heavy atom. The second-order valence-corrected chi connectivity index (χ2v) is 10.5. The Labute approximate surface area is 227 Å². The minimum Gasteiger partial charge on any atom is -0.465 e. The van der Waals surface area contributed by atoms with Crippen LogP contribution in [0.25, 0.3) is 6.08 Å². The van der Waals surface area contributed by atoms with Gasteiger partial charge in [-0.05, 0) is 72.8 Å². The van der Waals surface area contributed by atoms with Crippen LogP contribution in [0.3, 0.4) is 0 Å². The maximum absolute atomic E-state index is 12.8. The van der Waals surface area contributed by atoms with Gasteiger partial charge in [-0.1, -0.05) is 53.2 Å². The maximum atomic E-state index is 12.8. The molecular formula is C27H21ClN2O5S2. The Balaban J connectivity index is 1.39. The molecule has 0 saturated carbocycles. The first-order valence-corrected chi connectivity index (χ1v) is 13.0. The fraction of sp³-hybridized carbons (Fsp3) is 0.111. The fourth-order valence-corrected chi connectivity index (χ4v) is 5.23. The van der Waals surface area contributed by atoms with E-state index in [1.165, 1.54) is 30.9 Å². The van der Waals surface area contributed by atoms with Gasteiger partial charge in [0.1, 0.15) is 6.54 Å². The van der Waals surface area contributed by atoms with Crippen molar-refractivity contribution in [3.8, 4) is 0 Å². The zero-order valence-electron chi connectivity index (χ0n) is 19.8. The summed E-state index contributed by atoms with van der Waals surface area (Å²) in [5.41, 5.74) is 2.32. The van der Waals surface area contributed by atoms with E-state index >= 15 is 0 Å². The number of hydrogen-bond acceptors (Lipinski definition) is 7. The summed E-state index contributed by atoms with van der Waals surface area (Å²) >= 11 is 8.40. The second kappa shape index (κ2) is 11.7. The molecular weight excluding hydrogens is 532 g/mol. The number of benzene rings is 3. The van der Waals surface area contributed by atoms with Crippen LogP contribution in [-0.2, 0) is 14.3 Å². The normalized spacial score (nSPS) is 14.2. The zero-order chi connectivity index (χ0) is 26.5. The highest BCUT2D eigenvalue weighted by atomic mass is 35.5. The molecule has 0 spiro atoms. The minimum absolute atomic E-state index is 0.0827. The molecule has 3 aromatic rings. The Bertz CT molecular complexity index is 1410. The van der Waals surface area contributed by atoms with Gasteiger partial charge in [0.2, 0.25) is 5.91 Å². The van der Waals surface area contributed by atoms with Crippen molar-refractivity contribution in [2.24, 2.45) is 0 Å². The smallest absolute Gasteiger partial charge is 0.339 e. The van der Waals surface area contributed by atoms with E-state index in [4.69, 9.17) is 11.6 Å². The van der Waals surface area contributed by atoms with Gasteiger partial charge in [0, 0.05) is 15.5 Å². The third-order valence-electron chi connectivity index (χ3n) is 5.27. The number of carbonyl (C=O) groups is 4. The standard InChI is InChI=1S/C27H21ClN2O5S2/c1-16-3-8-19(9-4-16)36-20-10-5-17(6-11-20)13-23-25(32)30(27(34)37-23)15-24(31)29-18-7-12-22(28)21(14-18)26(33)35-2/h3-14H,15H2,1-2H3,(H,29,31)/b23-13-. The lowest BCUT2D eigenvalue weighted by Crippen LogP contribution is -2.36. The molecule has 37 heavy (non-hydrogen) atoms. The molecule has 0 bridgehead atoms. The molecule has 1 saturated heterocycles. The molecule has 3 amide bonds. The number of hydrogen-bond donors (Lipinski definition) is 1. The van der Waals surface area contributed by atoms with Crippen molar-refractivity contribution >= 4 is 69.9 Å². The van der Waals surface area contributed by atoms with E-state index in [1.54, 1.807) is 17.8 Å². The first-order chi connectivity index (χ1) is 17.7. The number of ether oxygens (including phenoxy) is 1. The van der Waals surface area contributed by atoms with Crippen LogP contribution >= 0.6 is 35.1 Å². The van der Waals surface area contributed by atoms with Gasteiger partial charge in [-0.15, -0.1) is 0 Å². The zero-order valence-corrected chi connectivity index (χ0v) is 22.2. The predicted molar refractivity (Wildman–Crippen MR) is 146 cm³/mol. The first-order valence-electron chi connectivity index (χ1n) is 11.0. The van der Waals surface area contributed by atoms with Crippen molar-refractivity contribution in [3.63, 3.8) is 0 Å². The number of amides is 3. The molecule has 4 rings (SSSR count). The molecule has 0 aromatic heterocycles. The number of methoxy groups -OCH3 is 1. The molecule has 1 heterocycles. The first kappa shape index (κ1) is 26.5. The van der Waals surface area contributed by atoms with Gasteiger partial charge in [0.25, 0.3) is 11.1 Å². The quantitative estimate of drug-likeness (QED) is 0.273. The van der Waals surface area contributed by atoms with Crippen LogP contribution in [0.2, 0.25) is 5.02 Å². The van der Waals surface area contributed by atoms with Gasteiger partial charge in [0.05, 0.1) is 22.6 Å². The molecule has 1 aliphatic rings. The molecule has 1 aliphatic heterocycles. The summed E-state index contributed by atoms with van der Waals surface area (Å²) in [5.74, 6) is -1.80. The molecule has 0 atom stereocenters. The number of nitrogens with zero attached hydrogens (tertiary/aromatic N) is 1. The third kappa shape index (κ3) is 6.62. The van der Waals surface area contributed by atoms with Crippen LogP contribution < -0.4 is 5.32 Å². The highest BCUT2D eigenvalue weighted by Gasteiger charge is 2.36. The largest absolute Gasteiger partial charge is 0.465 e. The average Bonchev–Trinajstić information content (AvgIpc) is 3.14. The molecule has 10 heteroatoms. The molecule has 7 nitrogen and oxygen atoms in total. The Hall–Kier alpha value is -3.53. The Kier molecular flexibility index (Phi) is 8.38. The maximum Gasteiger partial charge on any atom is 0.339 e. The molecule has 0 radical (unpaired) electrons. The van der Waals surface area contributed by atoms with E-state index in [0.717, 1.165) is 32.0 Å². The highest BCUT2D eigenvalue weighted by Crippen LogP contribution is 2.33. The molecule has 1 N–H and O–H groups in total. The predicted octanol–water partition coefficient (Wildman–Crippen LogP) is 6.26. The Morgan fingerprint density at radius 1 is 1.03 bits per heavy atom. The van der Waals surface area contributed by atoms with Crippen molar-refractivity contribution in [1.82, 2.24) is 4.90 Å². The monoisotopic (exact) mass is 552 g/mol. The van der Waals surface area contributed by atoms with E-state index in [9.17, 15) is 19.2 Å². The van der Waals surface area contributed by atoms with E-state index in [-0.39, 0.29) is 21.2 Å². The SMILES string of the molecule is COC(=O)c1cc(NC(=O)CN2C(=O)S/C(=C\c3ccc(Sc4ccc(C)cc4)cc3)C2=O)ccc1Cl. The van der Waals surface area contributed by atoms with Gasteiger partial charge in [0.15, 0.2) is 0 Å². The molecule has 3 aromatic carbocycles. The van der Waals surface area contributed by atoms with Crippen LogP contribution in [-0.4, -0.2) is 41.6 Å². The summed E-state index contributed by atoms with van der Waals surface area (Å²) in [5, 5.41) is 2.20. The summed E-state index contributed by atoms with van der Waals surface area (Å²) < 4.78 is 4.67. The number of imide groups is 1. The number of halogens is 1. The molecule has 0 aliphatic carbocycles. The summed E-state index contributed by atoms with van der Waals surface area (Å²) in [7, 11) is 1.22. The highest BCUT2D eigenvalue weighted by molar-refractivity contribution is 8.18. The van der Waals surface area contributed by atoms with E-state index in [0.29, 0.717) is 0 Å².